The molecule has 5 heteroatoms. The van der Waals surface area contributed by atoms with Crippen molar-refractivity contribution in [2.45, 2.75) is 12.8 Å². The SMILES string of the molecule is C=C(N)CCc1cc(/C=C(\N)c2ccccc2O)c(N)[nH]1. The number of hydrogen-bond donors (Lipinski definition) is 5. The third-order valence-corrected chi connectivity index (χ3v) is 3.18. The van der Waals surface area contributed by atoms with Crippen LogP contribution in [0.2, 0.25) is 0 Å². The lowest BCUT2D eigenvalue weighted by Crippen LogP contribution is -1.97. The number of H-pyrrole nitrogens is 1. The minimum atomic E-state index is 0.139. The van der Waals surface area contributed by atoms with Crippen LogP contribution in [-0.4, -0.2) is 10.1 Å². The number of benzene rings is 1. The van der Waals surface area contributed by atoms with Gasteiger partial charge in [0, 0.05) is 28.2 Å². The predicted octanol–water partition coefficient (Wildman–Crippen LogP) is 2.16. The van der Waals surface area contributed by atoms with Crippen molar-refractivity contribution in [1.82, 2.24) is 4.98 Å². The van der Waals surface area contributed by atoms with Gasteiger partial charge in [-0.05, 0) is 37.1 Å². The Morgan fingerprint density at radius 1 is 1.29 bits per heavy atom. The molecule has 1 aromatic carbocycles. The Hall–Kier alpha value is -2.82. The summed E-state index contributed by atoms with van der Waals surface area (Å²) in [4.78, 5) is 3.09. The van der Waals surface area contributed by atoms with Gasteiger partial charge in [-0.1, -0.05) is 18.7 Å². The lowest BCUT2D eigenvalue weighted by molar-refractivity contribution is 0.473. The van der Waals surface area contributed by atoms with Gasteiger partial charge in [0.1, 0.15) is 11.6 Å². The van der Waals surface area contributed by atoms with Crippen LogP contribution in [0.3, 0.4) is 0 Å². The number of rotatable bonds is 5. The molecule has 5 nitrogen and oxygen atoms in total. The number of nitrogen functional groups attached to an aromatic ring is 1. The summed E-state index contributed by atoms with van der Waals surface area (Å²) in [5.74, 6) is 0.672. The van der Waals surface area contributed by atoms with Crippen molar-refractivity contribution in [1.29, 1.82) is 0 Å². The van der Waals surface area contributed by atoms with Gasteiger partial charge in [0.25, 0.3) is 0 Å². The molecule has 2 aromatic rings. The quantitative estimate of drug-likeness (QED) is 0.579. The van der Waals surface area contributed by atoms with Gasteiger partial charge in [-0.2, -0.15) is 0 Å². The molecule has 1 aromatic heterocycles. The molecule has 0 atom stereocenters. The Kier molecular flexibility index (Phi) is 4.23. The third-order valence-electron chi connectivity index (χ3n) is 3.18. The zero-order valence-electron chi connectivity index (χ0n) is 11.8. The summed E-state index contributed by atoms with van der Waals surface area (Å²) in [6.45, 7) is 3.67. The van der Waals surface area contributed by atoms with Crippen molar-refractivity contribution in [2.24, 2.45) is 11.5 Å². The molecule has 21 heavy (non-hydrogen) atoms. The molecule has 0 aliphatic carbocycles. The van der Waals surface area contributed by atoms with E-state index in [-0.39, 0.29) is 5.75 Å². The van der Waals surface area contributed by atoms with Crippen LogP contribution < -0.4 is 17.2 Å². The van der Waals surface area contributed by atoms with E-state index in [2.05, 4.69) is 11.6 Å². The normalized spacial score (nSPS) is 11.5. The Morgan fingerprint density at radius 2 is 2.00 bits per heavy atom. The number of aryl methyl sites for hydroxylation is 1. The van der Waals surface area contributed by atoms with Gasteiger partial charge in [0.2, 0.25) is 0 Å². The largest absolute Gasteiger partial charge is 0.507 e. The first-order valence-electron chi connectivity index (χ1n) is 6.63. The lowest BCUT2D eigenvalue weighted by Gasteiger charge is -2.04. The maximum atomic E-state index is 9.80. The molecule has 110 valence electrons. The van der Waals surface area contributed by atoms with Crippen LogP contribution in [0.25, 0.3) is 11.8 Å². The monoisotopic (exact) mass is 284 g/mol. The second-order valence-electron chi connectivity index (χ2n) is 4.94. The van der Waals surface area contributed by atoms with Crippen molar-refractivity contribution in [3.63, 3.8) is 0 Å². The molecule has 0 radical (unpaired) electrons. The number of phenolic OH excluding ortho intramolecular Hbond substituents is 1. The van der Waals surface area contributed by atoms with E-state index in [0.29, 0.717) is 29.2 Å². The van der Waals surface area contributed by atoms with Crippen LogP contribution >= 0.6 is 0 Å². The molecular weight excluding hydrogens is 264 g/mol. The predicted molar refractivity (Wildman–Crippen MR) is 87.0 cm³/mol. The fourth-order valence-corrected chi connectivity index (χ4v) is 2.06. The minimum absolute atomic E-state index is 0.139. The van der Waals surface area contributed by atoms with Crippen molar-refractivity contribution < 1.29 is 5.11 Å². The zero-order valence-corrected chi connectivity index (χ0v) is 11.8. The molecule has 0 bridgehead atoms. The van der Waals surface area contributed by atoms with Gasteiger partial charge in [-0.25, -0.2) is 0 Å². The molecular formula is C16H20N4O. The van der Waals surface area contributed by atoms with Gasteiger partial charge in [0.15, 0.2) is 0 Å². The molecule has 0 unspecified atom stereocenters. The van der Waals surface area contributed by atoms with Gasteiger partial charge in [-0.3, -0.25) is 0 Å². The molecule has 2 rings (SSSR count). The number of aromatic amines is 1. The maximum Gasteiger partial charge on any atom is 0.124 e. The zero-order chi connectivity index (χ0) is 15.4. The van der Waals surface area contributed by atoms with Crippen LogP contribution in [0.5, 0.6) is 5.75 Å². The van der Waals surface area contributed by atoms with E-state index in [1.54, 1.807) is 24.3 Å². The number of para-hydroxylation sites is 1. The van der Waals surface area contributed by atoms with Crippen LogP contribution in [0.15, 0.2) is 42.6 Å². The lowest BCUT2D eigenvalue weighted by atomic mass is 10.1. The van der Waals surface area contributed by atoms with E-state index in [0.717, 1.165) is 17.7 Å². The Labute approximate surface area is 123 Å². The molecule has 0 spiro atoms. The number of allylic oxidation sites excluding steroid dienone is 1. The van der Waals surface area contributed by atoms with Crippen LogP contribution in [0, 0.1) is 0 Å². The number of aromatic hydroxyl groups is 1. The van der Waals surface area contributed by atoms with Crippen LogP contribution in [0.1, 0.15) is 23.2 Å². The summed E-state index contributed by atoms with van der Waals surface area (Å²) in [6.07, 6.45) is 3.17. The number of hydrogen-bond acceptors (Lipinski definition) is 4. The smallest absolute Gasteiger partial charge is 0.124 e. The first-order valence-corrected chi connectivity index (χ1v) is 6.63. The fourth-order valence-electron chi connectivity index (χ4n) is 2.06. The van der Waals surface area contributed by atoms with Crippen molar-refractivity contribution in [3.8, 4) is 5.75 Å². The summed E-state index contributed by atoms with van der Waals surface area (Å²) in [6, 6.07) is 8.83. The summed E-state index contributed by atoms with van der Waals surface area (Å²) in [5.41, 5.74) is 20.9. The molecule has 0 saturated heterocycles. The van der Waals surface area contributed by atoms with Gasteiger partial charge >= 0.3 is 0 Å². The molecule has 0 saturated carbocycles. The summed E-state index contributed by atoms with van der Waals surface area (Å²) >= 11 is 0. The molecule has 1 heterocycles. The number of nitrogens with two attached hydrogens (primary N) is 3. The highest BCUT2D eigenvalue weighted by Crippen LogP contribution is 2.25. The van der Waals surface area contributed by atoms with Gasteiger partial charge in [-0.15, -0.1) is 0 Å². The minimum Gasteiger partial charge on any atom is -0.507 e. The average Bonchev–Trinajstić information content (AvgIpc) is 2.77. The fraction of sp³-hybridized carbons (Fsp3) is 0.125. The third kappa shape index (κ3) is 3.60. The Balaban J connectivity index is 2.24. The first kappa shape index (κ1) is 14.6. The second-order valence-corrected chi connectivity index (χ2v) is 4.94. The highest BCUT2D eigenvalue weighted by atomic mass is 16.3. The van der Waals surface area contributed by atoms with E-state index in [9.17, 15) is 5.11 Å². The van der Waals surface area contributed by atoms with Crippen LogP contribution in [-0.2, 0) is 6.42 Å². The topological polar surface area (TPSA) is 114 Å². The molecule has 8 N–H and O–H groups in total. The van der Waals surface area contributed by atoms with E-state index in [1.165, 1.54) is 0 Å². The Bertz CT molecular complexity index is 685. The summed E-state index contributed by atoms with van der Waals surface area (Å²) in [5, 5.41) is 9.80. The molecule has 0 aliphatic heterocycles. The number of phenols is 1. The standard InChI is InChI=1S/C16H20N4O/c1-10(17)6-7-12-8-11(16(19)20-12)9-14(18)13-4-2-3-5-15(13)21/h2-5,8-9,20-21H,1,6-7,17-19H2/b14-9-. The van der Waals surface area contributed by atoms with Gasteiger partial charge in [0.05, 0.1) is 0 Å². The highest BCUT2D eigenvalue weighted by molar-refractivity contribution is 5.84. The molecule has 0 amide bonds. The number of aromatic nitrogens is 1. The summed E-state index contributed by atoms with van der Waals surface area (Å²) in [7, 11) is 0. The van der Waals surface area contributed by atoms with Crippen molar-refractivity contribution >= 4 is 17.6 Å². The van der Waals surface area contributed by atoms with E-state index in [4.69, 9.17) is 17.2 Å². The second kappa shape index (κ2) is 6.09. The Morgan fingerprint density at radius 3 is 2.67 bits per heavy atom. The number of nitrogens with one attached hydrogen (secondary N) is 1. The first-order chi connectivity index (χ1) is 9.97. The van der Waals surface area contributed by atoms with Gasteiger partial charge < -0.3 is 27.3 Å². The number of anilines is 1. The van der Waals surface area contributed by atoms with Crippen LogP contribution in [0.4, 0.5) is 5.82 Å². The highest BCUT2D eigenvalue weighted by Gasteiger charge is 2.07. The molecule has 0 fully saturated rings. The van der Waals surface area contributed by atoms with Crippen molar-refractivity contribution in [2.75, 3.05) is 5.73 Å². The maximum absolute atomic E-state index is 9.80. The van der Waals surface area contributed by atoms with E-state index >= 15 is 0 Å². The van der Waals surface area contributed by atoms with E-state index in [1.807, 2.05) is 12.1 Å². The average molecular weight is 284 g/mol. The summed E-state index contributed by atoms with van der Waals surface area (Å²) < 4.78 is 0. The van der Waals surface area contributed by atoms with Crippen molar-refractivity contribution in [3.05, 3.63) is 59.4 Å². The molecule has 0 aliphatic rings. The van der Waals surface area contributed by atoms with E-state index < -0.39 is 0 Å².